The summed E-state index contributed by atoms with van der Waals surface area (Å²) in [7, 11) is 4.56. The van der Waals surface area contributed by atoms with Crippen molar-refractivity contribution in [1.82, 2.24) is 19.9 Å². The monoisotopic (exact) mass is 541 g/mol. The molecule has 2 aromatic carbocycles. The summed E-state index contributed by atoms with van der Waals surface area (Å²) in [6.07, 6.45) is 5.51. The number of ether oxygens (including phenoxy) is 4. The molecule has 3 heterocycles. The summed E-state index contributed by atoms with van der Waals surface area (Å²) in [4.78, 5) is 27.7. The van der Waals surface area contributed by atoms with E-state index in [-0.39, 0.29) is 5.95 Å². The molecule has 0 unspecified atom stereocenters. The SMILES string of the molecule is CCc1cc(-c2cnc3nc(NC(=O)OC)[nH]c3c2)ccc1OCCCc1ccnc2cc(OC)c(OC)cc12. The molecule has 3 aromatic heterocycles. The Balaban J connectivity index is 1.26. The first kappa shape index (κ1) is 26.7. The van der Waals surface area contributed by atoms with E-state index < -0.39 is 6.09 Å². The van der Waals surface area contributed by atoms with Gasteiger partial charge < -0.3 is 23.9 Å². The van der Waals surface area contributed by atoms with E-state index in [0.717, 1.165) is 52.6 Å². The standard InChI is InChI=1S/C30H31N5O5/c1-5-18-13-20(21-14-24-28(32-17-21)34-29(33-24)35-30(36)39-4)8-9-25(18)40-12-6-7-19-10-11-31-23-16-27(38-3)26(37-2)15-22(19)23/h8-11,13-17H,5-7,12H2,1-4H3,(H2,32,33,34,35,36). The molecule has 0 atom stereocenters. The summed E-state index contributed by atoms with van der Waals surface area (Å²) in [6, 6.07) is 14.0. The zero-order valence-electron chi connectivity index (χ0n) is 22.9. The number of H-pyrrole nitrogens is 1. The Morgan fingerprint density at radius 2 is 1.75 bits per heavy atom. The summed E-state index contributed by atoms with van der Waals surface area (Å²) < 4.78 is 21.7. The van der Waals surface area contributed by atoms with Crippen molar-refractivity contribution in [3.05, 3.63) is 66.0 Å². The van der Waals surface area contributed by atoms with Crippen LogP contribution in [0.5, 0.6) is 17.2 Å². The molecule has 0 spiro atoms. The van der Waals surface area contributed by atoms with Gasteiger partial charge in [-0.1, -0.05) is 13.0 Å². The Morgan fingerprint density at radius 3 is 2.52 bits per heavy atom. The summed E-state index contributed by atoms with van der Waals surface area (Å²) in [6.45, 7) is 2.69. The number of carbonyl (C=O) groups is 1. The van der Waals surface area contributed by atoms with Crippen LogP contribution in [0.3, 0.4) is 0 Å². The third-order valence-corrected chi connectivity index (χ3v) is 6.70. The van der Waals surface area contributed by atoms with Crippen LogP contribution in [0.2, 0.25) is 0 Å². The lowest BCUT2D eigenvalue weighted by Crippen LogP contribution is -2.11. The third-order valence-electron chi connectivity index (χ3n) is 6.70. The predicted octanol–water partition coefficient (Wildman–Crippen LogP) is 5.94. The van der Waals surface area contributed by atoms with Gasteiger partial charge in [-0.25, -0.2) is 9.78 Å². The number of fused-ring (bicyclic) bond motifs is 2. The molecule has 40 heavy (non-hydrogen) atoms. The summed E-state index contributed by atoms with van der Waals surface area (Å²) in [5.41, 5.74) is 6.33. The number of nitrogens with one attached hydrogen (secondary N) is 2. The van der Waals surface area contributed by atoms with Crippen molar-refractivity contribution in [2.75, 3.05) is 33.3 Å². The lowest BCUT2D eigenvalue weighted by atomic mass is 10.0. The first-order valence-electron chi connectivity index (χ1n) is 13.0. The number of anilines is 1. The van der Waals surface area contributed by atoms with E-state index in [1.807, 2.05) is 42.6 Å². The van der Waals surface area contributed by atoms with Crippen molar-refractivity contribution in [1.29, 1.82) is 0 Å². The molecular formula is C30H31N5O5. The highest BCUT2D eigenvalue weighted by Gasteiger charge is 2.12. The van der Waals surface area contributed by atoms with Gasteiger partial charge in [0.1, 0.15) is 5.75 Å². The van der Waals surface area contributed by atoms with Gasteiger partial charge in [0.15, 0.2) is 17.1 Å². The second-order valence-corrected chi connectivity index (χ2v) is 9.12. The van der Waals surface area contributed by atoms with Crippen LogP contribution >= 0.6 is 0 Å². The molecule has 0 radical (unpaired) electrons. The van der Waals surface area contributed by atoms with E-state index in [1.54, 1.807) is 20.4 Å². The van der Waals surface area contributed by atoms with E-state index in [4.69, 9.17) is 14.2 Å². The predicted molar refractivity (Wildman–Crippen MR) is 153 cm³/mol. The Labute approximate surface area is 231 Å². The van der Waals surface area contributed by atoms with E-state index in [2.05, 4.69) is 43.0 Å². The quantitative estimate of drug-likeness (QED) is 0.208. The highest BCUT2D eigenvalue weighted by molar-refractivity contribution is 5.87. The van der Waals surface area contributed by atoms with Gasteiger partial charge in [-0.3, -0.25) is 10.3 Å². The number of pyridine rings is 2. The van der Waals surface area contributed by atoms with E-state index in [9.17, 15) is 4.79 Å². The Kier molecular flexibility index (Phi) is 7.95. The van der Waals surface area contributed by atoms with Gasteiger partial charge in [0.2, 0.25) is 5.95 Å². The molecule has 0 aliphatic heterocycles. The maximum Gasteiger partial charge on any atom is 0.413 e. The van der Waals surface area contributed by atoms with Gasteiger partial charge in [-0.15, -0.1) is 0 Å². The van der Waals surface area contributed by atoms with Crippen molar-refractivity contribution in [2.45, 2.75) is 26.2 Å². The Bertz CT molecular complexity index is 1670. The minimum Gasteiger partial charge on any atom is -0.493 e. The minimum absolute atomic E-state index is 0.281. The van der Waals surface area contributed by atoms with Crippen molar-refractivity contribution >= 4 is 34.1 Å². The van der Waals surface area contributed by atoms with Gasteiger partial charge in [0, 0.05) is 29.4 Å². The average molecular weight is 542 g/mol. The van der Waals surface area contributed by atoms with Gasteiger partial charge in [0.05, 0.1) is 39.0 Å². The van der Waals surface area contributed by atoms with E-state index in [0.29, 0.717) is 29.3 Å². The fourth-order valence-electron chi connectivity index (χ4n) is 4.63. The molecule has 5 rings (SSSR count). The number of hydrogen-bond acceptors (Lipinski definition) is 8. The third kappa shape index (κ3) is 5.61. The fourth-order valence-corrected chi connectivity index (χ4v) is 4.63. The zero-order chi connectivity index (χ0) is 28.1. The number of benzene rings is 2. The Hall–Kier alpha value is -4.86. The highest BCUT2D eigenvalue weighted by atomic mass is 16.5. The minimum atomic E-state index is -0.600. The zero-order valence-corrected chi connectivity index (χ0v) is 22.9. The summed E-state index contributed by atoms with van der Waals surface area (Å²) in [5.74, 6) is 2.51. The normalized spacial score (nSPS) is 11.0. The van der Waals surface area contributed by atoms with Crippen molar-refractivity contribution < 1.29 is 23.7 Å². The lowest BCUT2D eigenvalue weighted by Gasteiger charge is -2.14. The number of aryl methyl sites for hydroxylation is 2. The first-order chi connectivity index (χ1) is 19.5. The van der Waals surface area contributed by atoms with Crippen LogP contribution in [-0.4, -0.2) is 54.0 Å². The molecule has 0 saturated heterocycles. The molecule has 0 aliphatic rings. The molecule has 10 heteroatoms. The summed E-state index contributed by atoms with van der Waals surface area (Å²) >= 11 is 0. The molecular weight excluding hydrogens is 510 g/mol. The van der Waals surface area contributed by atoms with Crippen molar-refractivity contribution in [2.24, 2.45) is 0 Å². The van der Waals surface area contributed by atoms with Crippen LogP contribution in [0.1, 0.15) is 24.5 Å². The van der Waals surface area contributed by atoms with Crippen LogP contribution < -0.4 is 19.5 Å². The number of methoxy groups -OCH3 is 3. The summed E-state index contributed by atoms with van der Waals surface area (Å²) in [5, 5.41) is 3.57. The average Bonchev–Trinajstić information content (AvgIpc) is 3.39. The molecule has 10 nitrogen and oxygen atoms in total. The number of aromatic amines is 1. The molecule has 2 N–H and O–H groups in total. The molecule has 0 saturated carbocycles. The van der Waals surface area contributed by atoms with Crippen molar-refractivity contribution in [3.8, 4) is 28.4 Å². The molecule has 1 amide bonds. The molecule has 206 valence electrons. The highest BCUT2D eigenvalue weighted by Crippen LogP contribution is 2.33. The van der Waals surface area contributed by atoms with Crippen LogP contribution in [0.15, 0.2) is 54.9 Å². The number of imidazole rings is 1. The van der Waals surface area contributed by atoms with Gasteiger partial charge in [-0.05, 0) is 66.3 Å². The number of nitrogens with zero attached hydrogens (tertiary/aromatic N) is 3. The largest absolute Gasteiger partial charge is 0.493 e. The van der Waals surface area contributed by atoms with Gasteiger partial charge in [-0.2, -0.15) is 4.98 Å². The Morgan fingerprint density at radius 1 is 0.925 bits per heavy atom. The van der Waals surface area contributed by atoms with Crippen LogP contribution in [-0.2, 0) is 17.6 Å². The maximum absolute atomic E-state index is 11.5. The topological polar surface area (TPSA) is 120 Å². The van der Waals surface area contributed by atoms with E-state index >= 15 is 0 Å². The number of rotatable bonds is 10. The molecule has 0 fully saturated rings. The van der Waals surface area contributed by atoms with Gasteiger partial charge >= 0.3 is 6.09 Å². The smallest absolute Gasteiger partial charge is 0.413 e. The first-order valence-corrected chi connectivity index (χ1v) is 13.0. The van der Waals surface area contributed by atoms with E-state index in [1.165, 1.54) is 12.7 Å². The van der Waals surface area contributed by atoms with Crippen LogP contribution in [0, 0.1) is 0 Å². The lowest BCUT2D eigenvalue weighted by molar-refractivity contribution is 0.186. The number of hydrogen-bond donors (Lipinski definition) is 2. The second kappa shape index (κ2) is 11.9. The van der Waals surface area contributed by atoms with Crippen molar-refractivity contribution in [3.63, 3.8) is 0 Å². The van der Waals surface area contributed by atoms with Crippen LogP contribution in [0.25, 0.3) is 33.2 Å². The van der Waals surface area contributed by atoms with Crippen LogP contribution in [0.4, 0.5) is 10.7 Å². The number of carbonyl (C=O) groups excluding carboxylic acids is 1. The maximum atomic E-state index is 11.5. The molecule has 5 aromatic rings. The number of aromatic nitrogens is 4. The number of amides is 1. The fraction of sp³-hybridized carbons (Fsp3) is 0.267. The molecule has 0 aliphatic carbocycles. The van der Waals surface area contributed by atoms with Gasteiger partial charge in [0.25, 0.3) is 0 Å². The molecule has 0 bridgehead atoms. The second-order valence-electron chi connectivity index (χ2n) is 9.12.